The van der Waals surface area contributed by atoms with Crippen molar-refractivity contribution >= 4 is 16.6 Å². The maximum Gasteiger partial charge on any atom is 0.136 e. The van der Waals surface area contributed by atoms with E-state index in [0.29, 0.717) is 28.6 Å². The van der Waals surface area contributed by atoms with Gasteiger partial charge < -0.3 is 0 Å². The summed E-state index contributed by atoms with van der Waals surface area (Å²) in [7, 11) is -0.621. The number of fused-ring (bicyclic) bond motifs is 2. The Morgan fingerprint density at radius 2 is 1.80 bits per heavy atom. The zero-order chi connectivity index (χ0) is 11.0. The van der Waals surface area contributed by atoms with Crippen molar-refractivity contribution in [2.75, 3.05) is 0 Å². The first-order chi connectivity index (χ1) is 7.08. The minimum atomic E-state index is -0.621. The zero-order valence-corrected chi connectivity index (χ0v) is 10.4. The van der Waals surface area contributed by atoms with Crippen molar-refractivity contribution < 1.29 is 9.00 Å². The number of ketones is 1. The van der Waals surface area contributed by atoms with E-state index in [1.807, 2.05) is 0 Å². The van der Waals surface area contributed by atoms with Crippen molar-refractivity contribution in [2.45, 2.75) is 56.5 Å². The van der Waals surface area contributed by atoms with E-state index < -0.39 is 10.8 Å². The quantitative estimate of drug-likeness (QED) is 0.742. The van der Waals surface area contributed by atoms with E-state index in [9.17, 15) is 9.00 Å². The molecule has 15 heavy (non-hydrogen) atoms. The van der Waals surface area contributed by atoms with Crippen LogP contribution in [0.1, 0.15) is 46.0 Å². The molecule has 0 aromatic rings. The van der Waals surface area contributed by atoms with Gasteiger partial charge in [-0.2, -0.15) is 0 Å². The molecule has 0 aromatic carbocycles. The molecule has 2 heterocycles. The number of rotatable bonds is 3. The van der Waals surface area contributed by atoms with E-state index in [2.05, 4.69) is 13.8 Å². The van der Waals surface area contributed by atoms with Crippen molar-refractivity contribution in [1.29, 1.82) is 0 Å². The number of hydrogen-bond acceptors (Lipinski definition) is 2. The van der Waals surface area contributed by atoms with Gasteiger partial charge in [-0.1, -0.05) is 13.8 Å². The molecule has 2 fully saturated rings. The Bertz CT molecular complexity index is 269. The van der Waals surface area contributed by atoms with Gasteiger partial charge in [0.05, 0.1) is 0 Å². The van der Waals surface area contributed by atoms with Gasteiger partial charge in [-0.3, -0.25) is 9.00 Å². The van der Waals surface area contributed by atoms with E-state index >= 15 is 0 Å². The average Bonchev–Trinajstić information content (AvgIpc) is 2.38. The fraction of sp³-hybridized carbons (Fsp3) is 0.917. The van der Waals surface area contributed by atoms with Crippen LogP contribution in [0.3, 0.4) is 0 Å². The summed E-state index contributed by atoms with van der Waals surface area (Å²) >= 11 is 0. The summed E-state index contributed by atoms with van der Waals surface area (Å²) in [5.41, 5.74) is 0. The lowest BCUT2D eigenvalue weighted by Gasteiger charge is -2.26. The lowest BCUT2D eigenvalue weighted by atomic mass is 9.90. The highest BCUT2D eigenvalue weighted by atomic mass is 32.2. The molecule has 86 valence electrons. The molecule has 2 bridgehead atoms. The van der Waals surface area contributed by atoms with Gasteiger partial charge in [0.2, 0.25) is 0 Å². The Kier molecular flexibility index (Phi) is 3.29. The van der Waals surface area contributed by atoms with Crippen LogP contribution in [0.2, 0.25) is 0 Å². The molecule has 2 unspecified atom stereocenters. The van der Waals surface area contributed by atoms with Gasteiger partial charge in [0.25, 0.3) is 0 Å². The second-order valence-electron chi connectivity index (χ2n) is 5.38. The Morgan fingerprint density at radius 3 is 2.27 bits per heavy atom. The molecule has 2 atom stereocenters. The maximum absolute atomic E-state index is 11.9. The lowest BCUT2D eigenvalue weighted by Crippen LogP contribution is -2.32. The SMILES string of the molecule is CC(C)CC(=O)C1CC2CCC(C1)S2=O. The first-order valence-corrected chi connectivity index (χ1v) is 7.27. The minimum absolute atomic E-state index is 0.225. The third kappa shape index (κ3) is 2.32. The van der Waals surface area contributed by atoms with Crippen molar-refractivity contribution in [3.05, 3.63) is 0 Å². The van der Waals surface area contributed by atoms with Crippen LogP contribution in [0.4, 0.5) is 0 Å². The average molecular weight is 228 g/mol. The molecule has 2 nitrogen and oxygen atoms in total. The van der Waals surface area contributed by atoms with Crippen molar-refractivity contribution in [2.24, 2.45) is 11.8 Å². The zero-order valence-electron chi connectivity index (χ0n) is 9.57. The van der Waals surface area contributed by atoms with Crippen LogP contribution in [0.15, 0.2) is 0 Å². The molecule has 2 aliphatic heterocycles. The molecule has 0 saturated carbocycles. The monoisotopic (exact) mass is 228 g/mol. The van der Waals surface area contributed by atoms with E-state index in [4.69, 9.17) is 0 Å². The van der Waals surface area contributed by atoms with Gasteiger partial charge in [0.15, 0.2) is 0 Å². The Hall–Kier alpha value is -0.180. The van der Waals surface area contributed by atoms with Gasteiger partial charge in [0.1, 0.15) is 5.78 Å². The fourth-order valence-corrected chi connectivity index (χ4v) is 4.99. The Labute approximate surface area is 94.3 Å². The molecular formula is C12H20O2S. The molecule has 2 saturated heterocycles. The van der Waals surface area contributed by atoms with E-state index in [0.717, 1.165) is 25.7 Å². The predicted octanol–water partition coefficient (Wildman–Crippen LogP) is 2.29. The first kappa shape index (κ1) is 11.3. The van der Waals surface area contributed by atoms with E-state index in [1.165, 1.54) is 0 Å². The summed E-state index contributed by atoms with van der Waals surface area (Å²) in [5.74, 6) is 1.10. The number of carbonyl (C=O) groups excluding carboxylic acids is 1. The molecular weight excluding hydrogens is 208 g/mol. The largest absolute Gasteiger partial charge is 0.299 e. The summed E-state index contributed by atoms with van der Waals surface area (Å²) in [6.45, 7) is 4.18. The first-order valence-electron chi connectivity index (χ1n) is 6.00. The van der Waals surface area contributed by atoms with Gasteiger partial charge in [-0.05, 0) is 31.6 Å². The summed E-state index contributed by atoms with van der Waals surface area (Å²) in [5, 5.41) is 0.676. The van der Waals surface area contributed by atoms with Gasteiger partial charge in [-0.15, -0.1) is 0 Å². The third-order valence-electron chi connectivity index (χ3n) is 3.63. The molecule has 0 aromatic heterocycles. The van der Waals surface area contributed by atoms with Crippen LogP contribution >= 0.6 is 0 Å². The molecule has 0 amide bonds. The van der Waals surface area contributed by atoms with Gasteiger partial charge >= 0.3 is 0 Å². The Morgan fingerprint density at radius 1 is 1.27 bits per heavy atom. The number of Topliss-reactive ketones (excluding diaryl/α,β-unsaturated/α-hetero) is 1. The summed E-state index contributed by atoms with van der Waals surface area (Å²) in [4.78, 5) is 11.9. The smallest absolute Gasteiger partial charge is 0.136 e. The molecule has 2 aliphatic rings. The van der Waals surface area contributed by atoms with E-state index in [-0.39, 0.29) is 5.92 Å². The molecule has 0 aliphatic carbocycles. The molecule has 0 spiro atoms. The third-order valence-corrected chi connectivity index (χ3v) is 5.80. The van der Waals surface area contributed by atoms with Crippen LogP contribution in [-0.2, 0) is 15.6 Å². The van der Waals surface area contributed by atoms with Gasteiger partial charge in [0, 0.05) is 33.6 Å². The summed E-state index contributed by atoms with van der Waals surface area (Å²) in [6.07, 6.45) is 4.67. The van der Waals surface area contributed by atoms with Crippen molar-refractivity contribution in [3.63, 3.8) is 0 Å². The summed E-state index contributed by atoms with van der Waals surface area (Å²) < 4.78 is 11.8. The van der Waals surface area contributed by atoms with Crippen molar-refractivity contribution in [1.82, 2.24) is 0 Å². The molecule has 0 N–H and O–H groups in total. The standard InChI is InChI=1S/C12H20O2S/c1-8(2)5-12(13)9-6-10-3-4-11(7-9)15(10)14/h8-11H,3-7H2,1-2H3. The predicted molar refractivity (Wildman–Crippen MR) is 62.1 cm³/mol. The van der Waals surface area contributed by atoms with Crippen LogP contribution in [0.5, 0.6) is 0 Å². The maximum atomic E-state index is 11.9. The van der Waals surface area contributed by atoms with Crippen LogP contribution in [0, 0.1) is 11.8 Å². The molecule has 3 heteroatoms. The number of carbonyl (C=O) groups is 1. The topological polar surface area (TPSA) is 34.1 Å². The highest BCUT2D eigenvalue weighted by Gasteiger charge is 2.42. The van der Waals surface area contributed by atoms with Crippen molar-refractivity contribution in [3.8, 4) is 0 Å². The van der Waals surface area contributed by atoms with Gasteiger partial charge in [-0.25, -0.2) is 0 Å². The minimum Gasteiger partial charge on any atom is -0.299 e. The van der Waals surface area contributed by atoms with Crippen LogP contribution in [-0.4, -0.2) is 20.5 Å². The van der Waals surface area contributed by atoms with Crippen LogP contribution in [0.25, 0.3) is 0 Å². The normalized spacial score (nSPS) is 39.7. The fourth-order valence-electron chi connectivity index (χ4n) is 2.86. The lowest BCUT2D eigenvalue weighted by molar-refractivity contribution is -0.124. The number of hydrogen-bond donors (Lipinski definition) is 0. The highest BCUT2D eigenvalue weighted by Crippen LogP contribution is 2.39. The second-order valence-corrected chi connectivity index (χ2v) is 7.37. The highest BCUT2D eigenvalue weighted by molar-refractivity contribution is 7.86. The van der Waals surface area contributed by atoms with Crippen LogP contribution < -0.4 is 0 Å². The molecule has 2 rings (SSSR count). The second kappa shape index (κ2) is 4.36. The Balaban J connectivity index is 1.96. The van der Waals surface area contributed by atoms with E-state index in [1.54, 1.807) is 0 Å². The molecule has 0 radical (unpaired) electrons. The summed E-state index contributed by atoms with van der Waals surface area (Å²) in [6, 6.07) is 0.